The number of benzene rings is 1. The molecule has 106 valence electrons. The lowest BCUT2D eigenvalue weighted by atomic mass is 9.86. The molecule has 0 saturated heterocycles. The summed E-state index contributed by atoms with van der Waals surface area (Å²) in [6.45, 7) is 6.87. The fourth-order valence-electron chi connectivity index (χ4n) is 2.15. The smallest absolute Gasteiger partial charge is 0.126 e. The lowest BCUT2D eigenvalue weighted by molar-refractivity contribution is 0.312. The lowest BCUT2D eigenvalue weighted by Gasteiger charge is -2.25. The zero-order valence-corrected chi connectivity index (χ0v) is 12.0. The molecule has 1 aromatic carbocycles. The van der Waals surface area contributed by atoms with Crippen molar-refractivity contribution in [2.75, 3.05) is 6.54 Å². The average Bonchev–Trinajstić information content (AvgIpc) is 3.14. The molecule has 0 aliphatic heterocycles. The van der Waals surface area contributed by atoms with Crippen molar-refractivity contribution in [2.45, 2.75) is 52.5 Å². The maximum absolute atomic E-state index is 13.7. The summed E-state index contributed by atoms with van der Waals surface area (Å²) >= 11 is 0. The van der Waals surface area contributed by atoms with Gasteiger partial charge in [0.2, 0.25) is 0 Å². The molecule has 0 heterocycles. The molecule has 0 bridgehead atoms. The van der Waals surface area contributed by atoms with Gasteiger partial charge in [-0.15, -0.1) is 0 Å². The van der Waals surface area contributed by atoms with E-state index in [1.807, 2.05) is 0 Å². The highest BCUT2D eigenvalue weighted by Crippen LogP contribution is 2.26. The summed E-state index contributed by atoms with van der Waals surface area (Å²) in [5.41, 5.74) is 0.967. The Morgan fingerprint density at radius 2 is 1.89 bits per heavy atom. The van der Waals surface area contributed by atoms with Gasteiger partial charge in [-0.1, -0.05) is 13.8 Å². The monoisotopic (exact) mass is 267 g/mol. The first kappa shape index (κ1) is 14.4. The van der Waals surface area contributed by atoms with E-state index < -0.39 is 0 Å². The molecule has 0 radical (unpaired) electrons. The normalized spacial score (nSPS) is 15.8. The molecule has 2 rings (SSSR count). The van der Waals surface area contributed by atoms with Gasteiger partial charge in [0.15, 0.2) is 0 Å². The zero-order valence-electron chi connectivity index (χ0n) is 12.0. The number of hydrogen-bond donors (Lipinski definition) is 1. The first-order chi connectivity index (χ1) is 8.87. The van der Waals surface area contributed by atoms with Crippen LogP contribution in [0, 0.1) is 24.0 Å². The summed E-state index contributed by atoms with van der Waals surface area (Å²) in [4.78, 5) is 0. The number of rotatable bonds is 6. The quantitative estimate of drug-likeness (QED) is 0.822. The molecule has 0 spiro atoms. The molecule has 1 aromatic rings. The van der Waals surface area contributed by atoms with Crippen molar-refractivity contribution < 1.29 is 8.78 Å². The average molecular weight is 267 g/mol. The number of aryl methyl sites for hydroxylation is 2. The van der Waals surface area contributed by atoms with Crippen LogP contribution in [-0.2, 0) is 6.42 Å². The molecule has 1 aliphatic rings. The van der Waals surface area contributed by atoms with Gasteiger partial charge in [-0.2, -0.15) is 0 Å². The molecule has 1 aliphatic carbocycles. The molecular formula is C16H23F2N. The van der Waals surface area contributed by atoms with Gasteiger partial charge < -0.3 is 5.32 Å². The summed E-state index contributed by atoms with van der Waals surface area (Å²) < 4.78 is 27.2. The van der Waals surface area contributed by atoms with Crippen LogP contribution in [0.3, 0.4) is 0 Å². The Hall–Kier alpha value is -0.960. The minimum atomic E-state index is -0.315. The summed E-state index contributed by atoms with van der Waals surface area (Å²) in [6, 6.07) is 3.32. The zero-order chi connectivity index (χ0) is 14.0. The van der Waals surface area contributed by atoms with E-state index in [1.165, 1.54) is 25.0 Å². The van der Waals surface area contributed by atoms with E-state index in [2.05, 4.69) is 19.2 Å². The van der Waals surface area contributed by atoms with Gasteiger partial charge in [-0.25, -0.2) is 8.78 Å². The fraction of sp³-hybridized carbons (Fsp3) is 0.625. The van der Waals surface area contributed by atoms with Crippen molar-refractivity contribution in [2.24, 2.45) is 5.41 Å². The second-order valence-corrected chi connectivity index (χ2v) is 6.51. The predicted octanol–water partition coefficient (Wildman–Crippen LogP) is 3.98. The predicted molar refractivity (Wildman–Crippen MR) is 74.2 cm³/mol. The van der Waals surface area contributed by atoms with Crippen molar-refractivity contribution in [1.29, 1.82) is 0 Å². The van der Waals surface area contributed by atoms with Crippen LogP contribution in [0.25, 0.3) is 0 Å². The van der Waals surface area contributed by atoms with E-state index in [1.54, 1.807) is 6.92 Å². The van der Waals surface area contributed by atoms with Gasteiger partial charge in [0.05, 0.1) is 0 Å². The van der Waals surface area contributed by atoms with Crippen LogP contribution in [0.15, 0.2) is 12.1 Å². The molecule has 0 unspecified atom stereocenters. The maximum atomic E-state index is 13.7. The largest absolute Gasteiger partial charge is 0.313 e. The standard InChI is InChI=1S/C16H23F2N/c1-11-8-15(18)12(9-14(11)17)6-7-16(2,3)10-19-13-4-5-13/h8-9,13,19H,4-7,10H2,1-3H3. The van der Waals surface area contributed by atoms with E-state index in [4.69, 9.17) is 0 Å². The van der Waals surface area contributed by atoms with Gasteiger partial charge in [0.25, 0.3) is 0 Å². The van der Waals surface area contributed by atoms with Gasteiger partial charge in [0, 0.05) is 12.6 Å². The second-order valence-electron chi connectivity index (χ2n) is 6.51. The van der Waals surface area contributed by atoms with Crippen LogP contribution in [0.1, 0.15) is 44.2 Å². The van der Waals surface area contributed by atoms with Crippen LogP contribution in [0.5, 0.6) is 0 Å². The maximum Gasteiger partial charge on any atom is 0.126 e. The third-order valence-corrected chi connectivity index (χ3v) is 3.85. The highest BCUT2D eigenvalue weighted by molar-refractivity contribution is 5.25. The number of nitrogens with one attached hydrogen (secondary N) is 1. The third kappa shape index (κ3) is 4.27. The summed E-state index contributed by atoms with van der Waals surface area (Å²) in [5, 5.41) is 3.50. The Balaban J connectivity index is 1.91. The minimum Gasteiger partial charge on any atom is -0.313 e. The van der Waals surface area contributed by atoms with Crippen LogP contribution in [-0.4, -0.2) is 12.6 Å². The summed E-state index contributed by atoms with van der Waals surface area (Å²) in [7, 11) is 0. The lowest BCUT2D eigenvalue weighted by Crippen LogP contribution is -2.31. The van der Waals surface area contributed by atoms with Crippen LogP contribution in [0.4, 0.5) is 8.78 Å². The van der Waals surface area contributed by atoms with E-state index in [0.717, 1.165) is 13.0 Å². The SMILES string of the molecule is Cc1cc(F)c(CCC(C)(C)CNC2CC2)cc1F. The van der Waals surface area contributed by atoms with Gasteiger partial charge in [-0.05, 0) is 61.3 Å². The highest BCUT2D eigenvalue weighted by atomic mass is 19.1. The van der Waals surface area contributed by atoms with Crippen molar-refractivity contribution >= 4 is 0 Å². The van der Waals surface area contributed by atoms with Gasteiger partial charge in [0.1, 0.15) is 11.6 Å². The molecule has 1 N–H and O–H groups in total. The number of hydrogen-bond acceptors (Lipinski definition) is 1. The molecule has 3 heteroatoms. The Kier molecular flexibility index (Phi) is 4.24. The summed E-state index contributed by atoms with van der Waals surface area (Å²) in [5.74, 6) is -0.602. The summed E-state index contributed by atoms with van der Waals surface area (Å²) in [6.07, 6.45) is 3.98. The van der Waals surface area contributed by atoms with Gasteiger partial charge >= 0.3 is 0 Å². The van der Waals surface area contributed by atoms with Crippen molar-refractivity contribution in [3.05, 3.63) is 34.9 Å². The van der Waals surface area contributed by atoms with Crippen molar-refractivity contribution in [3.8, 4) is 0 Å². The molecule has 19 heavy (non-hydrogen) atoms. The Morgan fingerprint density at radius 1 is 1.21 bits per heavy atom. The molecule has 0 aromatic heterocycles. The van der Waals surface area contributed by atoms with E-state index in [0.29, 0.717) is 23.6 Å². The molecule has 1 fully saturated rings. The Bertz CT molecular complexity index is 450. The minimum absolute atomic E-state index is 0.108. The highest BCUT2D eigenvalue weighted by Gasteiger charge is 2.25. The van der Waals surface area contributed by atoms with Crippen LogP contribution < -0.4 is 5.32 Å². The molecule has 1 saturated carbocycles. The molecular weight excluding hydrogens is 244 g/mol. The molecule has 1 nitrogen and oxygen atoms in total. The topological polar surface area (TPSA) is 12.0 Å². The molecule has 0 atom stereocenters. The van der Waals surface area contributed by atoms with Gasteiger partial charge in [-0.3, -0.25) is 0 Å². The third-order valence-electron chi connectivity index (χ3n) is 3.85. The Labute approximate surface area is 114 Å². The molecule has 0 amide bonds. The van der Waals surface area contributed by atoms with E-state index in [-0.39, 0.29) is 17.0 Å². The first-order valence-corrected chi connectivity index (χ1v) is 7.05. The second kappa shape index (κ2) is 5.58. The van der Waals surface area contributed by atoms with Crippen molar-refractivity contribution in [3.63, 3.8) is 0 Å². The van der Waals surface area contributed by atoms with Crippen molar-refractivity contribution in [1.82, 2.24) is 5.32 Å². The van der Waals surface area contributed by atoms with Crippen LogP contribution >= 0.6 is 0 Å². The first-order valence-electron chi connectivity index (χ1n) is 7.05. The van der Waals surface area contributed by atoms with Crippen LogP contribution in [0.2, 0.25) is 0 Å². The van der Waals surface area contributed by atoms with E-state index in [9.17, 15) is 8.78 Å². The number of halogens is 2. The van der Waals surface area contributed by atoms with E-state index >= 15 is 0 Å². The fourth-order valence-corrected chi connectivity index (χ4v) is 2.15. The Morgan fingerprint density at radius 3 is 2.53 bits per heavy atom.